The second kappa shape index (κ2) is 4.83. The molecule has 0 N–H and O–H groups in total. The van der Waals surface area contributed by atoms with Crippen LogP contribution in [0.1, 0.15) is 10.5 Å². The molecule has 0 unspecified atom stereocenters. The van der Waals surface area contributed by atoms with Crippen LogP contribution in [0.5, 0.6) is 0 Å². The highest BCUT2D eigenvalue weighted by atomic mass is 16.5. The molecule has 0 amide bonds. The van der Waals surface area contributed by atoms with E-state index in [2.05, 4.69) is 4.74 Å². The van der Waals surface area contributed by atoms with Crippen molar-refractivity contribution in [3.8, 4) is 0 Å². The lowest BCUT2D eigenvalue weighted by Gasteiger charge is -2.05. The first-order chi connectivity index (χ1) is 8.67. The van der Waals surface area contributed by atoms with Gasteiger partial charge in [-0.3, -0.25) is 9.59 Å². The standard InChI is InChI=1S/C13H11NO4/c1-18-13(17)12(16)7-14-10(8-15)6-9-4-2-3-5-11(9)14/h2-6,8H,7H2,1H3. The first kappa shape index (κ1) is 12.0. The zero-order chi connectivity index (χ0) is 13.1. The Morgan fingerprint density at radius 2 is 2.06 bits per heavy atom. The SMILES string of the molecule is COC(=O)C(=O)Cn1c(C=O)cc2ccccc21. The molecule has 0 radical (unpaired) electrons. The number of nitrogens with zero attached hydrogens (tertiary/aromatic N) is 1. The van der Waals surface area contributed by atoms with E-state index in [9.17, 15) is 14.4 Å². The average Bonchev–Trinajstić information content (AvgIpc) is 2.76. The molecule has 0 saturated heterocycles. The highest BCUT2D eigenvalue weighted by molar-refractivity contribution is 6.33. The lowest BCUT2D eigenvalue weighted by Crippen LogP contribution is -2.22. The Morgan fingerprint density at radius 1 is 1.33 bits per heavy atom. The van der Waals surface area contributed by atoms with Crippen LogP contribution in [-0.2, 0) is 20.9 Å². The number of Topliss-reactive ketones (excluding diaryl/α,β-unsaturated/α-hetero) is 1. The number of carbonyl (C=O) groups is 3. The second-order valence-electron chi connectivity index (χ2n) is 3.75. The molecule has 2 aromatic rings. The molecule has 0 fully saturated rings. The summed E-state index contributed by atoms with van der Waals surface area (Å²) in [5.41, 5.74) is 1.09. The third-order valence-corrected chi connectivity index (χ3v) is 2.68. The van der Waals surface area contributed by atoms with Gasteiger partial charge in [0, 0.05) is 10.9 Å². The first-order valence-electron chi connectivity index (χ1n) is 5.32. The van der Waals surface area contributed by atoms with E-state index in [1.807, 2.05) is 12.1 Å². The van der Waals surface area contributed by atoms with Crippen LogP contribution in [0, 0.1) is 0 Å². The van der Waals surface area contributed by atoms with Gasteiger partial charge >= 0.3 is 5.97 Å². The normalized spacial score (nSPS) is 10.3. The van der Waals surface area contributed by atoms with Crippen molar-refractivity contribution in [3.05, 3.63) is 36.0 Å². The zero-order valence-corrected chi connectivity index (χ0v) is 9.75. The first-order valence-corrected chi connectivity index (χ1v) is 5.32. The molecule has 5 nitrogen and oxygen atoms in total. The fourth-order valence-electron chi connectivity index (χ4n) is 1.83. The Hall–Kier alpha value is -2.43. The van der Waals surface area contributed by atoms with Crippen LogP contribution in [0.4, 0.5) is 0 Å². The van der Waals surface area contributed by atoms with Gasteiger partial charge in [-0.05, 0) is 12.1 Å². The van der Waals surface area contributed by atoms with Crippen LogP contribution < -0.4 is 0 Å². The third-order valence-electron chi connectivity index (χ3n) is 2.68. The fourth-order valence-corrected chi connectivity index (χ4v) is 1.83. The highest BCUT2D eigenvalue weighted by Crippen LogP contribution is 2.18. The summed E-state index contributed by atoms with van der Waals surface area (Å²) in [6.07, 6.45) is 0.657. The van der Waals surface area contributed by atoms with Crippen LogP contribution in [0.15, 0.2) is 30.3 Å². The van der Waals surface area contributed by atoms with Crippen molar-refractivity contribution < 1.29 is 19.1 Å². The molecule has 2 rings (SSSR count). The minimum absolute atomic E-state index is 0.200. The maximum atomic E-state index is 11.5. The molecule has 92 valence electrons. The Balaban J connectivity index is 2.46. The number of methoxy groups -OCH3 is 1. The van der Waals surface area contributed by atoms with Gasteiger partial charge in [0.05, 0.1) is 19.3 Å². The number of rotatable bonds is 4. The fraction of sp³-hybridized carbons (Fsp3) is 0.154. The number of ketones is 1. The molecule has 0 bridgehead atoms. The predicted molar refractivity (Wildman–Crippen MR) is 64.3 cm³/mol. The van der Waals surface area contributed by atoms with Gasteiger partial charge in [0.15, 0.2) is 6.29 Å². The van der Waals surface area contributed by atoms with Crippen molar-refractivity contribution in [2.45, 2.75) is 6.54 Å². The van der Waals surface area contributed by atoms with Crippen LogP contribution in [0.3, 0.4) is 0 Å². The zero-order valence-electron chi connectivity index (χ0n) is 9.75. The van der Waals surface area contributed by atoms with Crippen LogP contribution in [0.2, 0.25) is 0 Å². The molecule has 0 atom stereocenters. The molecule has 1 heterocycles. The number of aromatic nitrogens is 1. The summed E-state index contributed by atoms with van der Waals surface area (Å²) < 4.78 is 5.86. The van der Waals surface area contributed by atoms with E-state index in [0.717, 1.165) is 18.0 Å². The Morgan fingerprint density at radius 3 is 2.72 bits per heavy atom. The Bertz CT molecular complexity index is 627. The number of aldehydes is 1. The molecule has 0 spiro atoms. The van der Waals surface area contributed by atoms with E-state index >= 15 is 0 Å². The number of carbonyl (C=O) groups excluding carboxylic acids is 3. The van der Waals surface area contributed by atoms with Gasteiger partial charge < -0.3 is 9.30 Å². The molecule has 5 heteroatoms. The third kappa shape index (κ3) is 2.02. The second-order valence-corrected chi connectivity index (χ2v) is 3.75. The minimum Gasteiger partial charge on any atom is -0.463 e. The van der Waals surface area contributed by atoms with Crippen molar-refractivity contribution in [3.63, 3.8) is 0 Å². The van der Waals surface area contributed by atoms with Gasteiger partial charge in [-0.2, -0.15) is 0 Å². The smallest absolute Gasteiger partial charge is 0.376 e. The molecule has 18 heavy (non-hydrogen) atoms. The summed E-state index contributed by atoms with van der Waals surface area (Å²) in [4.78, 5) is 33.6. The number of benzene rings is 1. The van der Waals surface area contributed by atoms with E-state index in [0.29, 0.717) is 12.0 Å². The van der Waals surface area contributed by atoms with Crippen LogP contribution >= 0.6 is 0 Å². The van der Waals surface area contributed by atoms with E-state index < -0.39 is 11.8 Å². The van der Waals surface area contributed by atoms with E-state index in [4.69, 9.17) is 0 Å². The van der Waals surface area contributed by atoms with E-state index in [1.54, 1.807) is 18.2 Å². The monoisotopic (exact) mass is 245 g/mol. The molecule has 0 aliphatic carbocycles. The number of fused-ring (bicyclic) bond motifs is 1. The van der Waals surface area contributed by atoms with Gasteiger partial charge in [0.2, 0.25) is 0 Å². The number of para-hydroxylation sites is 1. The minimum atomic E-state index is -0.912. The molecular weight excluding hydrogens is 234 g/mol. The molecule has 1 aromatic heterocycles. The topological polar surface area (TPSA) is 65.4 Å². The molecular formula is C13H11NO4. The quantitative estimate of drug-likeness (QED) is 0.461. The van der Waals surface area contributed by atoms with Gasteiger partial charge in [-0.15, -0.1) is 0 Å². The molecule has 0 saturated carbocycles. The van der Waals surface area contributed by atoms with Crippen molar-refractivity contribution in [2.24, 2.45) is 0 Å². The largest absolute Gasteiger partial charge is 0.463 e. The van der Waals surface area contributed by atoms with Crippen molar-refractivity contribution >= 4 is 28.9 Å². The van der Waals surface area contributed by atoms with Gasteiger partial charge in [0.1, 0.15) is 0 Å². The number of hydrogen-bond donors (Lipinski definition) is 0. The van der Waals surface area contributed by atoms with Crippen molar-refractivity contribution in [2.75, 3.05) is 7.11 Å². The summed E-state index contributed by atoms with van der Waals surface area (Å²) in [5, 5.41) is 0.845. The maximum absolute atomic E-state index is 11.5. The molecule has 1 aromatic carbocycles. The lowest BCUT2D eigenvalue weighted by molar-refractivity contribution is -0.151. The summed E-state index contributed by atoms with van der Waals surface area (Å²) in [7, 11) is 1.15. The molecule has 0 aliphatic heterocycles. The van der Waals surface area contributed by atoms with Crippen molar-refractivity contribution in [1.29, 1.82) is 0 Å². The maximum Gasteiger partial charge on any atom is 0.376 e. The van der Waals surface area contributed by atoms with Gasteiger partial charge in [-0.1, -0.05) is 18.2 Å². The number of ether oxygens (including phenoxy) is 1. The van der Waals surface area contributed by atoms with Crippen LogP contribution in [0.25, 0.3) is 10.9 Å². The van der Waals surface area contributed by atoms with Crippen LogP contribution in [-0.4, -0.2) is 29.7 Å². The number of hydrogen-bond acceptors (Lipinski definition) is 4. The lowest BCUT2D eigenvalue weighted by atomic mass is 10.2. The predicted octanol–water partition coefficient (Wildman–Crippen LogP) is 1.20. The summed E-state index contributed by atoms with van der Waals surface area (Å²) in [6, 6.07) is 8.93. The van der Waals surface area contributed by atoms with E-state index in [-0.39, 0.29) is 6.54 Å². The Labute approximate surface area is 103 Å². The van der Waals surface area contributed by atoms with E-state index in [1.165, 1.54) is 4.57 Å². The summed E-state index contributed by atoms with van der Waals surface area (Å²) >= 11 is 0. The highest BCUT2D eigenvalue weighted by Gasteiger charge is 2.17. The summed E-state index contributed by atoms with van der Waals surface area (Å²) in [5.74, 6) is -1.61. The van der Waals surface area contributed by atoms with Gasteiger partial charge in [0.25, 0.3) is 5.78 Å². The average molecular weight is 245 g/mol. The van der Waals surface area contributed by atoms with Crippen molar-refractivity contribution in [1.82, 2.24) is 4.57 Å². The summed E-state index contributed by atoms with van der Waals surface area (Å²) in [6.45, 7) is -0.200. The molecule has 0 aliphatic rings. The Kier molecular flexibility index (Phi) is 3.23. The van der Waals surface area contributed by atoms with Gasteiger partial charge in [-0.25, -0.2) is 4.79 Å². The number of esters is 1.